The molecule has 4 heteroatoms. The normalized spacial score (nSPS) is 11.3. The van der Waals surface area contributed by atoms with Gasteiger partial charge in [0, 0.05) is 17.0 Å². The van der Waals surface area contributed by atoms with Gasteiger partial charge in [-0.15, -0.1) is 5.73 Å². The Bertz CT molecular complexity index is 858. The summed E-state index contributed by atoms with van der Waals surface area (Å²) in [6.45, 7) is 0. The molecule has 0 bridgehead atoms. The zero-order valence-electron chi connectivity index (χ0n) is 9.38. The summed E-state index contributed by atoms with van der Waals surface area (Å²) >= 11 is 0. The molecule has 0 atom stereocenters. The number of rotatable bonds is 2. The highest BCUT2D eigenvalue weighted by Crippen LogP contribution is 2.17. The largest absolute Gasteiger partial charge is 0.257 e. The van der Waals surface area contributed by atoms with E-state index >= 15 is 0 Å². The molecule has 0 saturated heterocycles. The third kappa shape index (κ3) is 1.44. The highest BCUT2D eigenvalue weighted by atomic mass is 15.2. The second-order valence-corrected chi connectivity index (χ2v) is 4.11. The molecule has 2 heterocycles. The van der Waals surface area contributed by atoms with E-state index in [0.717, 1.165) is 21.7 Å². The van der Waals surface area contributed by atoms with Gasteiger partial charge in [-0.1, -0.05) is 30.3 Å². The minimum absolute atomic E-state index is 0.685. The molecule has 84 valence electrons. The van der Waals surface area contributed by atoms with Crippen molar-refractivity contribution in [2.75, 3.05) is 0 Å². The summed E-state index contributed by atoms with van der Waals surface area (Å²) in [7, 11) is 0. The molecule has 0 fully saturated rings. The fraction of sp³-hybridized carbons (Fsp3) is 0. The zero-order chi connectivity index (χ0) is 11.9. The van der Waals surface area contributed by atoms with Crippen molar-refractivity contribution in [2.24, 2.45) is 0 Å². The molecule has 1 N–H and O–H groups in total. The molecule has 1 aliphatic carbocycles. The molecule has 1 aliphatic rings. The number of H-pyrrole nitrogens is 1. The topological polar surface area (TPSA) is 54.5 Å². The monoisotopic (exact) mass is 232 g/mol. The molecule has 0 spiro atoms. The smallest absolute Gasteiger partial charge is 0.181 e. The molecular weight excluding hydrogens is 224 g/mol. The number of aromatic amines is 1. The van der Waals surface area contributed by atoms with Gasteiger partial charge in [-0.05, 0) is 6.07 Å². The Morgan fingerprint density at radius 2 is 1.94 bits per heavy atom. The lowest BCUT2D eigenvalue weighted by molar-refractivity contribution is 1.09. The molecule has 3 aromatic rings. The van der Waals surface area contributed by atoms with Crippen LogP contribution in [0, 0.1) is 0 Å². The molecule has 0 unspecified atom stereocenters. The van der Waals surface area contributed by atoms with Crippen LogP contribution in [0.15, 0.2) is 42.6 Å². The zero-order valence-corrected chi connectivity index (χ0v) is 9.38. The first-order valence-corrected chi connectivity index (χ1v) is 5.65. The summed E-state index contributed by atoms with van der Waals surface area (Å²) in [5, 5.41) is 9.33. The molecule has 0 aliphatic heterocycles. The third-order valence-electron chi connectivity index (χ3n) is 2.87. The Morgan fingerprint density at radius 1 is 1.06 bits per heavy atom. The molecule has 0 saturated carbocycles. The van der Waals surface area contributed by atoms with Crippen molar-refractivity contribution in [3.05, 3.63) is 53.0 Å². The quantitative estimate of drug-likeness (QED) is 0.550. The Morgan fingerprint density at radius 3 is 2.78 bits per heavy atom. The molecule has 1 aromatic carbocycles. The van der Waals surface area contributed by atoms with E-state index in [9.17, 15) is 0 Å². The van der Waals surface area contributed by atoms with Gasteiger partial charge in [0.25, 0.3) is 0 Å². The first-order valence-electron chi connectivity index (χ1n) is 5.65. The standard InChI is InChI=1S/C14H8N4/c1-2-4-9(5-3-1)13-16-14(18-17-13)12-7-10-6-11(10)8-15-12/h1-5,7-8H,(H,16,17,18). The van der Waals surface area contributed by atoms with Crippen molar-refractivity contribution in [3.8, 4) is 22.9 Å². The Hall–Kier alpha value is -2.71. The highest BCUT2D eigenvalue weighted by molar-refractivity contribution is 5.59. The van der Waals surface area contributed by atoms with Crippen LogP contribution in [-0.4, -0.2) is 20.2 Å². The van der Waals surface area contributed by atoms with Crippen LogP contribution in [0.1, 0.15) is 0 Å². The maximum absolute atomic E-state index is 4.46. The van der Waals surface area contributed by atoms with E-state index in [1.165, 1.54) is 0 Å². The van der Waals surface area contributed by atoms with Crippen molar-refractivity contribution in [1.82, 2.24) is 20.2 Å². The summed E-state index contributed by atoms with van der Waals surface area (Å²) in [6, 6.07) is 11.8. The van der Waals surface area contributed by atoms with Crippen LogP contribution >= 0.6 is 0 Å². The van der Waals surface area contributed by atoms with Crippen LogP contribution in [-0.2, 0) is 0 Å². The van der Waals surface area contributed by atoms with Gasteiger partial charge in [0.2, 0.25) is 0 Å². The van der Waals surface area contributed by atoms with Crippen LogP contribution in [0.4, 0.5) is 0 Å². The minimum atomic E-state index is 0.685. The second-order valence-electron chi connectivity index (χ2n) is 4.11. The predicted molar refractivity (Wildman–Crippen MR) is 66.8 cm³/mol. The molecule has 0 amide bonds. The summed E-state index contributed by atoms with van der Waals surface area (Å²) in [6.07, 6.45) is 1.80. The Balaban J connectivity index is 1.77. The molecule has 0 radical (unpaired) electrons. The van der Waals surface area contributed by atoms with Gasteiger partial charge in [0.1, 0.15) is 5.69 Å². The van der Waals surface area contributed by atoms with E-state index < -0.39 is 0 Å². The first-order chi connectivity index (χ1) is 8.90. The van der Waals surface area contributed by atoms with Gasteiger partial charge in [0.15, 0.2) is 11.6 Å². The van der Waals surface area contributed by atoms with Gasteiger partial charge in [0.05, 0.1) is 5.22 Å². The van der Waals surface area contributed by atoms with E-state index in [2.05, 4.69) is 25.9 Å². The number of nitrogens with one attached hydrogen (secondary N) is 1. The number of fused-ring (bicyclic) bond motifs is 1. The lowest BCUT2D eigenvalue weighted by atomic mass is 10.2. The summed E-state index contributed by atoms with van der Waals surface area (Å²) in [4.78, 5) is 8.77. The summed E-state index contributed by atoms with van der Waals surface area (Å²) in [5.41, 5.74) is 4.90. The van der Waals surface area contributed by atoms with E-state index in [1.807, 2.05) is 36.4 Å². The van der Waals surface area contributed by atoms with Gasteiger partial charge >= 0.3 is 0 Å². The Labute approximate surface area is 102 Å². The fourth-order valence-electron chi connectivity index (χ4n) is 1.86. The van der Waals surface area contributed by atoms with Crippen molar-refractivity contribution >= 4 is 5.73 Å². The summed E-state index contributed by atoms with van der Waals surface area (Å²) < 4.78 is 0. The number of hydrogen-bond acceptors (Lipinski definition) is 3. The number of nitrogens with zero attached hydrogens (tertiary/aromatic N) is 3. The predicted octanol–water partition coefficient (Wildman–Crippen LogP) is 0.598. The SMILES string of the molecule is C1=c2cnc(-c3nc(-c4ccccc4)n[nH]3)cc2=1. The van der Waals surface area contributed by atoms with E-state index in [1.54, 1.807) is 6.20 Å². The van der Waals surface area contributed by atoms with E-state index in [0.29, 0.717) is 11.6 Å². The van der Waals surface area contributed by atoms with Crippen LogP contribution in [0.25, 0.3) is 28.6 Å². The highest BCUT2D eigenvalue weighted by Gasteiger charge is 2.09. The van der Waals surface area contributed by atoms with Gasteiger partial charge < -0.3 is 0 Å². The van der Waals surface area contributed by atoms with Crippen molar-refractivity contribution in [3.63, 3.8) is 0 Å². The van der Waals surface area contributed by atoms with Crippen LogP contribution in [0.5, 0.6) is 0 Å². The van der Waals surface area contributed by atoms with Crippen LogP contribution < -0.4 is 10.4 Å². The van der Waals surface area contributed by atoms with E-state index in [4.69, 9.17) is 0 Å². The molecule has 2 aromatic heterocycles. The summed E-state index contributed by atoms with van der Waals surface area (Å²) in [5.74, 6) is 1.37. The molecular formula is C14H8N4. The number of hydrogen-bond donors (Lipinski definition) is 1. The average molecular weight is 232 g/mol. The lowest BCUT2D eigenvalue weighted by Gasteiger charge is -1.92. The van der Waals surface area contributed by atoms with Crippen LogP contribution in [0.2, 0.25) is 0 Å². The number of pyridine rings is 1. The fourth-order valence-corrected chi connectivity index (χ4v) is 1.86. The Kier molecular flexibility index (Phi) is 1.76. The number of benzene rings is 1. The molecule has 18 heavy (non-hydrogen) atoms. The maximum atomic E-state index is 4.46. The molecule has 4 nitrogen and oxygen atoms in total. The minimum Gasteiger partial charge on any atom is -0.257 e. The van der Waals surface area contributed by atoms with Gasteiger partial charge in [-0.3, -0.25) is 10.1 Å². The van der Waals surface area contributed by atoms with Gasteiger partial charge in [-0.2, -0.15) is 5.10 Å². The van der Waals surface area contributed by atoms with Crippen molar-refractivity contribution in [2.45, 2.75) is 0 Å². The maximum Gasteiger partial charge on any atom is 0.181 e. The lowest BCUT2D eigenvalue weighted by Crippen LogP contribution is -2.08. The average Bonchev–Trinajstić information content (AvgIpc) is 3.04. The first kappa shape index (κ1) is 9.33. The van der Waals surface area contributed by atoms with Crippen molar-refractivity contribution < 1.29 is 0 Å². The van der Waals surface area contributed by atoms with Crippen molar-refractivity contribution in [1.29, 1.82) is 0 Å². The number of aromatic nitrogens is 4. The third-order valence-corrected chi connectivity index (χ3v) is 2.87. The van der Waals surface area contributed by atoms with Crippen LogP contribution in [0.3, 0.4) is 0 Å². The molecule has 4 rings (SSSR count). The van der Waals surface area contributed by atoms with E-state index in [-0.39, 0.29) is 0 Å². The second kappa shape index (κ2) is 3.39. The van der Waals surface area contributed by atoms with Gasteiger partial charge in [-0.25, -0.2) is 4.98 Å².